The van der Waals surface area contributed by atoms with E-state index in [2.05, 4.69) is 20.4 Å². The zero-order valence-electron chi connectivity index (χ0n) is 77.2. The van der Waals surface area contributed by atoms with Gasteiger partial charge >= 0.3 is 6.18 Å². The number of rotatable bonds is 30. The summed E-state index contributed by atoms with van der Waals surface area (Å²) in [4.78, 5) is 0.663. The molecule has 34 heteroatoms. The Hall–Kier alpha value is -9.91. The van der Waals surface area contributed by atoms with Gasteiger partial charge in [-0.15, -0.1) is 0 Å². The first-order chi connectivity index (χ1) is 62.9. The molecule has 8 heterocycles. The highest BCUT2D eigenvalue weighted by Gasteiger charge is 2.38. The molecule has 0 radical (unpaired) electrons. The molecule has 12 aromatic rings. The Morgan fingerprint density at radius 3 is 1.08 bits per heavy atom. The zero-order chi connectivity index (χ0) is 94.6. The fraction of sp³-hybridized carbons (Fsp3) is 0.469. The Labute approximate surface area is 772 Å². The van der Waals surface area contributed by atoms with E-state index in [9.17, 15) is 55.6 Å². The van der Waals surface area contributed by atoms with Gasteiger partial charge in [0.25, 0.3) is 30.1 Å². The van der Waals surface area contributed by atoms with Gasteiger partial charge in [0, 0.05) is 133 Å². The van der Waals surface area contributed by atoms with Crippen LogP contribution in [0, 0.1) is 79.7 Å². The Balaban J connectivity index is 0.000000150. The lowest BCUT2D eigenvalue weighted by molar-refractivity contribution is -0.138. The Morgan fingerprint density at radius 2 is 0.735 bits per heavy atom. The van der Waals surface area contributed by atoms with E-state index in [1.807, 2.05) is 105 Å². The van der Waals surface area contributed by atoms with Crippen LogP contribution < -0.4 is 17.7 Å². The number of methoxy groups -OCH3 is 1. The predicted molar refractivity (Wildman–Crippen MR) is 505 cm³/mol. The molecule has 0 bridgehead atoms. The fourth-order valence-electron chi connectivity index (χ4n) is 17.3. The molecule has 4 aromatic heterocycles. The highest BCUT2D eigenvalue weighted by atomic mass is 32.2. The topological polar surface area (TPSA) is 267 Å². The van der Waals surface area contributed by atoms with Crippen molar-refractivity contribution < 1.29 is 79.3 Å². The van der Waals surface area contributed by atoms with Crippen LogP contribution in [0.25, 0.3) is 43.6 Å². The SMILES string of the molecule is CC(C)CN(Cc1ccccc1C(F)(F)F)S(=O)(=O)c1ccc2c(cnn2CC2CCOCC2)c1.COc1ccc(N(CC(C)C)S(=O)(=O)c2ccc3c(cnn3CC3CCOCC3)c2)c(C)c1.Cc1cc(F)ccc1N(CC(C)C)S(=O)(=O)c1ccc2c(cnn2CC2CCOCC2)c1.Cc1cccc(F)c1N(CC(C)C)S(=O)(=O)c1ccc2c(cnn2CC2CCOCC2)c1. The predicted octanol–water partition coefficient (Wildman–Crippen LogP) is 19.5. The molecule has 0 aliphatic carbocycles. The zero-order valence-corrected chi connectivity index (χ0v) is 80.5. The summed E-state index contributed by atoms with van der Waals surface area (Å²) < 4.78 is 219. The number of aromatic nitrogens is 8. The highest BCUT2D eigenvalue weighted by molar-refractivity contribution is 7.93. The normalized spacial score (nSPS) is 15.6. The molecule has 0 saturated carbocycles. The van der Waals surface area contributed by atoms with Crippen LogP contribution in [-0.2, 0) is 97.9 Å². The second kappa shape index (κ2) is 43.6. The number of halogens is 5. The monoisotopic (exact) mass is 1900 g/mol. The van der Waals surface area contributed by atoms with E-state index < -0.39 is 57.7 Å². The number of para-hydroxylation sites is 1. The number of nitrogens with zero attached hydrogens (tertiary/aromatic N) is 12. The number of anilines is 3. The van der Waals surface area contributed by atoms with Crippen LogP contribution in [0.5, 0.6) is 5.75 Å². The van der Waals surface area contributed by atoms with E-state index in [4.69, 9.17) is 23.7 Å². The lowest BCUT2D eigenvalue weighted by Crippen LogP contribution is -2.35. The van der Waals surface area contributed by atoms with E-state index in [-0.39, 0.29) is 80.0 Å². The number of benzene rings is 8. The summed E-state index contributed by atoms with van der Waals surface area (Å²) in [5.74, 6) is 1.98. The molecule has 712 valence electrons. The molecule has 8 aromatic carbocycles. The summed E-state index contributed by atoms with van der Waals surface area (Å²) in [5, 5.41) is 21.1. The molecular formula is C98H123F5N12O13S4. The van der Waals surface area contributed by atoms with Crippen molar-refractivity contribution in [3.05, 3.63) is 216 Å². The van der Waals surface area contributed by atoms with Gasteiger partial charge in [-0.3, -0.25) is 31.6 Å². The van der Waals surface area contributed by atoms with Gasteiger partial charge in [0.05, 0.1) is 96.2 Å². The average molecular weight is 1900 g/mol. The van der Waals surface area contributed by atoms with Crippen LogP contribution in [0.15, 0.2) is 196 Å². The third-order valence-corrected chi connectivity index (χ3v) is 31.4. The van der Waals surface area contributed by atoms with Gasteiger partial charge in [-0.05, 0) is 263 Å². The van der Waals surface area contributed by atoms with Gasteiger partial charge in [-0.25, -0.2) is 42.5 Å². The first kappa shape index (κ1) is 99.6. The highest BCUT2D eigenvalue weighted by Crippen LogP contribution is 2.39. The van der Waals surface area contributed by atoms with Gasteiger partial charge in [0.1, 0.15) is 17.4 Å². The minimum Gasteiger partial charge on any atom is -0.497 e. The molecule has 0 unspecified atom stereocenters. The van der Waals surface area contributed by atoms with Gasteiger partial charge in [0.15, 0.2) is 0 Å². The molecule has 0 N–H and O–H groups in total. The van der Waals surface area contributed by atoms with Crippen molar-refractivity contribution in [1.29, 1.82) is 0 Å². The number of ether oxygens (including phenoxy) is 5. The molecular weight excluding hydrogens is 1780 g/mol. The smallest absolute Gasteiger partial charge is 0.416 e. The third kappa shape index (κ3) is 24.2. The fourth-order valence-corrected chi connectivity index (χ4v) is 24.1. The van der Waals surface area contributed by atoms with Gasteiger partial charge in [-0.2, -0.15) is 37.9 Å². The average Bonchev–Trinajstić information content (AvgIpc) is 1.54. The quantitative estimate of drug-likeness (QED) is 0.0379. The molecule has 0 atom stereocenters. The largest absolute Gasteiger partial charge is 0.497 e. The summed E-state index contributed by atoms with van der Waals surface area (Å²) >= 11 is 0. The van der Waals surface area contributed by atoms with E-state index in [1.165, 1.54) is 61.4 Å². The van der Waals surface area contributed by atoms with Crippen LogP contribution in [0.1, 0.15) is 135 Å². The lowest BCUT2D eigenvalue weighted by atomic mass is 10.0. The van der Waals surface area contributed by atoms with E-state index in [0.29, 0.717) is 70.4 Å². The van der Waals surface area contributed by atoms with Gasteiger partial charge in [-0.1, -0.05) is 85.7 Å². The van der Waals surface area contributed by atoms with Crippen molar-refractivity contribution in [1.82, 2.24) is 43.4 Å². The van der Waals surface area contributed by atoms with Crippen LogP contribution >= 0.6 is 0 Å². The number of hydrogen-bond acceptors (Lipinski definition) is 17. The standard InChI is InChI=1S/C25H30F3N3O3S.C25H33N3O4S.2C24H30FN3O3S/c1-18(2)15-30(17-20-5-3-4-6-23(20)25(26,27)28)35(32,33)22-7-8-24-21(13-22)14-29-31(24)16-19-9-11-34-12-10-19;1-18(2)16-28(24-7-5-22(31-4)13-19(24)3)33(29,30)23-6-8-25-21(14-23)15-26-27(25)17-20-9-11-32-12-10-20;1-17(2)15-28(23-6-4-21(25)12-18(23)3)32(29,30)22-5-7-24-20(13-22)14-26-27(24)16-19-8-10-31-11-9-19;1-17(2)15-28(24-18(3)5-4-6-22(24)25)32(29,30)21-7-8-23-20(13-21)14-26-27(23)16-19-9-11-31-12-10-19/h3-8,13-14,18-19H,9-12,15-17H2,1-2H3;5-8,13-15,18,20H,9-12,16-17H2,1-4H3;4-7,12-14,17,19H,8-11,15-16H2,1-3H3;4-8,13-14,17,19H,9-12,15-16H2,1-3H3. The summed E-state index contributed by atoms with van der Waals surface area (Å²) in [6, 6.07) is 39.7. The molecule has 25 nitrogen and oxygen atoms in total. The number of aryl methyl sites for hydroxylation is 3. The maximum atomic E-state index is 14.7. The summed E-state index contributed by atoms with van der Waals surface area (Å²) in [6.45, 7) is 30.7. The summed E-state index contributed by atoms with van der Waals surface area (Å²) in [6.07, 6.45) is 10.2. The molecule has 132 heavy (non-hydrogen) atoms. The van der Waals surface area contributed by atoms with Gasteiger partial charge in [0.2, 0.25) is 10.0 Å². The maximum Gasteiger partial charge on any atom is 0.416 e. The van der Waals surface area contributed by atoms with E-state index in [0.717, 1.165) is 185 Å². The number of hydrogen-bond donors (Lipinski definition) is 0. The van der Waals surface area contributed by atoms with Crippen molar-refractivity contribution in [2.75, 3.05) is 99.1 Å². The maximum absolute atomic E-state index is 14.7. The summed E-state index contributed by atoms with van der Waals surface area (Å²) in [5.41, 5.74) is 5.99. The van der Waals surface area contributed by atoms with Crippen LogP contribution in [0.3, 0.4) is 0 Å². The minimum atomic E-state index is -4.57. The number of alkyl halides is 3. The lowest BCUT2D eigenvalue weighted by Gasteiger charge is -2.28. The minimum absolute atomic E-state index is 0.0229. The van der Waals surface area contributed by atoms with Crippen molar-refractivity contribution in [3.63, 3.8) is 0 Å². The molecule has 0 amide bonds. The van der Waals surface area contributed by atoms with E-state index >= 15 is 0 Å². The first-order valence-electron chi connectivity index (χ1n) is 45.4. The van der Waals surface area contributed by atoms with Crippen LogP contribution in [-0.4, -0.2) is 163 Å². The Kier molecular flexibility index (Phi) is 32.9. The molecule has 4 fully saturated rings. The Bertz CT molecular complexity index is 6400. The molecule has 4 aliphatic heterocycles. The molecule has 16 rings (SSSR count). The van der Waals surface area contributed by atoms with Crippen molar-refractivity contribution in [3.8, 4) is 5.75 Å². The van der Waals surface area contributed by atoms with Crippen molar-refractivity contribution in [2.45, 2.75) is 186 Å². The molecule has 0 spiro atoms. The Morgan fingerprint density at radius 1 is 0.394 bits per heavy atom. The van der Waals surface area contributed by atoms with Crippen molar-refractivity contribution in [2.24, 2.45) is 47.3 Å². The first-order valence-corrected chi connectivity index (χ1v) is 51.2. The second-order valence-electron chi connectivity index (χ2n) is 36.5. The van der Waals surface area contributed by atoms with E-state index in [1.54, 1.807) is 119 Å². The van der Waals surface area contributed by atoms with Crippen molar-refractivity contribution >= 4 is 101 Å². The third-order valence-electron chi connectivity index (χ3n) is 24.3. The number of sulfonamides is 4. The van der Waals surface area contributed by atoms with Gasteiger partial charge < -0.3 is 23.7 Å². The van der Waals surface area contributed by atoms with Crippen LogP contribution in [0.2, 0.25) is 0 Å². The molecule has 4 saturated heterocycles. The van der Waals surface area contributed by atoms with Crippen LogP contribution in [0.4, 0.5) is 39.0 Å². The second-order valence-corrected chi connectivity index (χ2v) is 44.1. The summed E-state index contributed by atoms with van der Waals surface area (Å²) in [7, 11) is -14.0. The molecule has 4 aliphatic rings. The number of fused-ring (bicyclic) bond motifs is 4.